The summed E-state index contributed by atoms with van der Waals surface area (Å²) in [5, 5.41) is 23.1. The number of carbonyl (C=O) groups excluding carboxylic acids is 2. The first-order valence-corrected chi connectivity index (χ1v) is 12.0. The Morgan fingerprint density at radius 3 is 2.28 bits per heavy atom. The lowest BCUT2D eigenvalue weighted by Gasteiger charge is -2.31. The van der Waals surface area contributed by atoms with E-state index in [1.165, 1.54) is 36.4 Å². The predicted molar refractivity (Wildman–Crippen MR) is 130 cm³/mol. The van der Waals surface area contributed by atoms with Gasteiger partial charge < -0.3 is 14.9 Å². The molecule has 4 unspecified atom stereocenters. The molecule has 3 aromatic rings. The molecule has 3 aromatic carbocycles. The van der Waals surface area contributed by atoms with Crippen molar-refractivity contribution in [2.45, 2.75) is 30.9 Å². The van der Waals surface area contributed by atoms with Crippen LogP contribution in [0.15, 0.2) is 78.9 Å². The summed E-state index contributed by atoms with van der Waals surface area (Å²) in [6.45, 7) is -0.0790. The van der Waals surface area contributed by atoms with Crippen molar-refractivity contribution in [3.8, 4) is 11.5 Å². The highest BCUT2D eigenvalue weighted by atomic mass is 19.4. The average molecular weight is 540 g/mol. The molecule has 0 aliphatic carbocycles. The molecular weight excluding hydrogens is 517 g/mol. The van der Waals surface area contributed by atoms with Gasteiger partial charge in [-0.25, -0.2) is 0 Å². The fourth-order valence-electron chi connectivity index (χ4n) is 5.55. The van der Waals surface area contributed by atoms with Crippen LogP contribution in [0.25, 0.3) is 0 Å². The van der Waals surface area contributed by atoms with Gasteiger partial charge in [-0.2, -0.15) is 0 Å². The number of phenols is 1. The van der Waals surface area contributed by atoms with Gasteiger partial charge in [-0.1, -0.05) is 54.6 Å². The number of rotatable bonds is 7. The van der Waals surface area contributed by atoms with Crippen LogP contribution in [0.1, 0.15) is 22.7 Å². The molecule has 2 saturated heterocycles. The molecular formula is C28H23F3N2O6. The second-order valence-electron chi connectivity index (χ2n) is 9.61. The second-order valence-corrected chi connectivity index (χ2v) is 9.61. The zero-order valence-corrected chi connectivity index (χ0v) is 20.3. The zero-order valence-electron chi connectivity index (χ0n) is 20.3. The number of amides is 2. The van der Waals surface area contributed by atoms with E-state index in [4.69, 9.17) is 0 Å². The minimum absolute atomic E-state index is 0.0408. The Hall–Kier alpha value is -4.38. The summed E-state index contributed by atoms with van der Waals surface area (Å²) in [7, 11) is 0. The number of benzene rings is 3. The first kappa shape index (κ1) is 26.2. The molecule has 202 valence electrons. The van der Waals surface area contributed by atoms with Crippen molar-refractivity contribution in [2.24, 2.45) is 11.8 Å². The quantitative estimate of drug-likeness (QED) is 0.391. The number of alkyl halides is 3. The van der Waals surface area contributed by atoms with Crippen molar-refractivity contribution in [1.82, 2.24) is 10.2 Å². The van der Waals surface area contributed by atoms with Gasteiger partial charge in [0.2, 0.25) is 11.8 Å². The summed E-state index contributed by atoms with van der Waals surface area (Å²) in [6, 6.07) is 18.3. The number of hydrogen-bond acceptors (Lipinski definition) is 6. The Labute approximate surface area is 220 Å². The number of nitrogens with zero attached hydrogens (tertiary/aromatic N) is 1. The SMILES string of the molecule is O=C1C2C(c3cccc(OC(F)(F)F)c3)NC(Cc3ccc(O)cc3)(C(=O)O)C2C(=O)N1Cc1ccccc1. The Kier molecular flexibility index (Phi) is 6.55. The van der Waals surface area contributed by atoms with Crippen LogP contribution in [0.4, 0.5) is 13.2 Å². The third kappa shape index (κ3) is 4.92. The number of aromatic hydroxyl groups is 1. The van der Waals surface area contributed by atoms with Crippen molar-refractivity contribution in [1.29, 1.82) is 0 Å². The summed E-state index contributed by atoms with van der Waals surface area (Å²) in [5.74, 6) is -5.83. The Bertz CT molecular complexity index is 1410. The molecule has 2 aliphatic heterocycles. The molecule has 8 nitrogen and oxygen atoms in total. The normalized spacial score (nSPS) is 24.6. The molecule has 0 radical (unpaired) electrons. The summed E-state index contributed by atoms with van der Waals surface area (Å²) >= 11 is 0. The fourth-order valence-corrected chi connectivity index (χ4v) is 5.55. The van der Waals surface area contributed by atoms with Crippen LogP contribution in [0.3, 0.4) is 0 Å². The third-order valence-corrected chi connectivity index (χ3v) is 7.18. The number of ether oxygens (including phenoxy) is 1. The number of carbonyl (C=O) groups is 3. The topological polar surface area (TPSA) is 116 Å². The smallest absolute Gasteiger partial charge is 0.508 e. The number of carboxylic acid groups (broad SMARTS) is 1. The summed E-state index contributed by atoms with van der Waals surface area (Å²) in [5.41, 5.74) is -0.671. The maximum Gasteiger partial charge on any atom is 0.573 e. The number of fused-ring (bicyclic) bond motifs is 1. The lowest BCUT2D eigenvalue weighted by atomic mass is 9.76. The number of phenolic OH excluding ortho intramolecular Hbond substituents is 1. The highest BCUT2D eigenvalue weighted by Gasteiger charge is 2.68. The Balaban J connectivity index is 1.59. The molecule has 2 aliphatic rings. The van der Waals surface area contributed by atoms with Crippen LogP contribution in [0.5, 0.6) is 11.5 Å². The largest absolute Gasteiger partial charge is 0.573 e. The molecule has 0 aromatic heterocycles. The first-order valence-electron chi connectivity index (χ1n) is 12.0. The van der Waals surface area contributed by atoms with Gasteiger partial charge >= 0.3 is 12.3 Å². The molecule has 2 amide bonds. The molecule has 2 fully saturated rings. The van der Waals surface area contributed by atoms with Crippen LogP contribution in [0.2, 0.25) is 0 Å². The maximum absolute atomic E-state index is 13.8. The predicted octanol–water partition coefficient (Wildman–Crippen LogP) is 3.80. The number of halogens is 3. The van der Waals surface area contributed by atoms with E-state index in [9.17, 15) is 37.8 Å². The molecule has 2 heterocycles. The van der Waals surface area contributed by atoms with Crippen LogP contribution in [-0.4, -0.2) is 44.8 Å². The summed E-state index contributed by atoms with van der Waals surface area (Å²) in [4.78, 5) is 41.5. The number of imide groups is 1. The van der Waals surface area contributed by atoms with E-state index in [1.807, 2.05) is 0 Å². The van der Waals surface area contributed by atoms with Gasteiger partial charge in [-0.3, -0.25) is 24.6 Å². The van der Waals surface area contributed by atoms with Gasteiger partial charge in [-0.05, 0) is 41.0 Å². The number of likely N-dealkylation sites (tertiary alicyclic amines) is 1. The van der Waals surface area contributed by atoms with Crippen LogP contribution < -0.4 is 10.1 Å². The molecule has 0 spiro atoms. The van der Waals surface area contributed by atoms with Crippen LogP contribution in [0, 0.1) is 11.8 Å². The van der Waals surface area contributed by atoms with Gasteiger partial charge in [0.05, 0.1) is 18.4 Å². The molecule has 4 atom stereocenters. The first-order chi connectivity index (χ1) is 18.5. The molecule has 5 rings (SSSR count). The van der Waals surface area contributed by atoms with Gasteiger partial charge in [0.15, 0.2) is 0 Å². The van der Waals surface area contributed by atoms with Crippen molar-refractivity contribution < 1.29 is 42.5 Å². The van der Waals surface area contributed by atoms with E-state index in [1.54, 1.807) is 30.3 Å². The number of carboxylic acids is 1. The molecule has 3 N–H and O–H groups in total. The maximum atomic E-state index is 13.8. The molecule has 0 saturated carbocycles. The van der Waals surface area contributed by atoms with E-state index in [-0.39, 0.29) is 24.3 Å². The van der Waals surface area contributed by atoms with Crippen molar-refractivity contribution in [3.63, 3.8) is 0 Å². The average Bonchev–Trinajstić information content (AvgIpc) is 3.35. The Morgan fingerprint density at radius 2 is 1.64 bits per heavy atom. The lowest BCUT2D eigenvalue weighted by Crippen LogP contribution is -2.57. The van der Waals surface area contributed by atoms with E-state index in [0.29, 0.717) is 11.1 Å². The summed E-state index contributed by atoms with van der Waals surface area (Å²) < 4.78 is 42.7. The zero-order chi connectivity index (χ0) is 27.9. The van der Waals surface area contributed by atoms with Crippen molar-refractivity contribution in [2.75, 3.05) is 0 Å². The molecule has 0 bridgehead atoms. The van der Waals surface area contributed by atoms with E-state index in [2.05, 4.69) is 10.1 Å². The standard InChI is InChI=1S/C28H23F3N2O6/c29-28(30,31)39-20-8-4-7-18(13-20)23-21-22(25(36)33(24(21)35)15-17-5-2-1-3-6-17)27(32-23,26(37)38)14-16-9-11-19(34)12-10-16/h1-13,21-23,32,34H,14-15H2,(H,37,38). The highest BCUT2D eigenvalue weighted by molar-refractivity contribution is 6.09. The van der Waals surface area contributed by atoms with E-state index >= 15 is 0 Å². The van der Waals surface area contributed by atoms with E-state index in [0.717, 1.165) is 17.0 Å². The number of hydrogen-bond donors (Lipinski definition) is 3. The lowest BCUT2D eigenvalue weighted by molar-refractivity contribution is -0.274. The third-order valence-electron chi connectivity index (χ3n) is 7.18. The van der Waals surface area contributed by atoms with Gasteiger partial charge in [0.25, 0.3) is 0 Å². The Morgan fingerprint density at radius 1 is 0.949 bits per heavy atom. The number of nitrogens with one attached hydrogen (secondary N) is 1. The second kappa shape index (κ2) is 9.73. The fraction of sp³-hybridized carbons (Fsp3) is 0.250. The number of aliphatic carboxylic acids is 1. The molecule has 39 heavy (non-hydrogen) atoms. The van der Waals surface area contributed by atoms with Crippen LogP contribution in [-0.2, 0) is 27.3 Å². The highest BCUT2D eigenvalue weighted by Crippen LogP contribution is 2.50. The summed E-state index contributed by atoms with van der Waals surface area (Å²) in [6.07, 6.45) is -5.18. The van der Waals surface area contributed by atoms with Gasteiger partial charge in [0, 0.05) is 12.5 Å². The monoisotopic (exact) mass is 540 g/mol. The molecule has 11 heteroatoms. The van der Waals surface area contributed by atoms with Crippen LogP contribution >= 0.6 is 0 Å². The van der Waals surface area contributed by atoms with E-state index < -0.39 is 53.3 Å². The van der Waals surface area contributed by atoms with Gasteiger partial charge in [0.1, 0.15) is 17.0 Å². The van der Waals surface area contributed by atoms with Crippen molar-refractivity contribution >= 4 is 17.8 Å². The minimum Gasteiger partial charge on any atom is -0.508 e. The van der Waals surface area contributed by atoms with Crippen molar-refractivity contribution in [3.05, 3.63) is 95.6 Å². The van der Waals surface area contributed by atoms with Gasteiger partial charge in [-0.15, -0.1) is 13.2 Å². The minimum atomic E-state index is -4.96.